The minimum Gasteiger partial charge on any atom is -0.477 e. The molecule has 0 aliphatic carbocycles. The number of thioether (sulfide) groups is 1. The first-order valence-electron chi connectivity index (χ1n) is 6.98. The number of carbonyl (C=O) groups is 3. The highest BCUT2D eigenvalue weighted by Gasteiger charge is 2.54. The molecule has 1 fully saturated rings. The van der Waals surface area contributed by atoms with Crippen molar-refractivity contribution in [1.29, 1.82) is 0 Å². The van der Waals surface area contributed by atoms with Crippen LogP contribution < -0.4 is 5.32 Å². The molecule has 2 aliphatic heterocycles. The molecule has 25 heavy (non-hydrogen) atoms. The van der Waals surface area contributed by atoms with Crippen LogP contribution >= 0.6 is 23.4 Å². The van der Waals surface area contributed by atoms with Gasteiger partial charge in [0.05, 0.1) is 11.3 Å². The van der Waals surface area contributed by atoms with E-state index in [0.29, 0.717) is 0 Å². The number of oxime groups is 1. The third-order valence-corrected chi connectivity index (χ3v) is 5.31. The maximum absolute atomic E-state index is 12.4. The summed E-state index contributed by atoms with van der Waals surface area (Å²) in [6.07, 6.45) is 1.37. The molecule has 132 valence electrons. The quantitative estimate of drug-likeness (QED) is 0.431. The molecule has 0 bridgehead atoms. The molecule has 1 aromatic rings. The summed E-state index contributed by atoms with van der Waals surface area (Å²) in [5.74, 6) is -2.11. The van der Waals surface area contributed by atoms with E-state index in [1.165, 1.54) is 31.2 Å². The molecule has 0 spiro atoms. The van der Waals surface area contributed by atoms with Gasteiger partial charge < -0.3 is 19.7 Å². The smallest absolute Gasteiger partial charge is 0.353 e. The standard InChI is InChI=1S/C14H12ClN3O6S/c1-23-17-8(7-3-2-4-24-7)11(19)16-9-12(20)18-10(14(21)22)6(15)5-25-13(9)18/h2-4,9,13H,5H2,1H3,(H,16,19)(H,21,22)/b17-8-/t9-,13-/m1/s1. The summed E-state index contributed by atoms with van der Waals surface area (Å²) < 4.78 is 5.12. The number of nitrogens with one attached hydrogen (secondary N) is 1. The molecule has 0 aromatic carbocycles. The fraction of sp³-hybridized carbons (Fsp3) is 0.286. The van der Waals surface area contributed by atoms with Gasteiger partial charge in [-0.05, 0) is 12.1 Å². The summed E-state index contributed by atoms with van der Waals surface area (Å²) in [7, 11) is 1.27. The van der Waals surface area contributed by atoms with E-state index in [0.717, 1.165) is 4.90 Å². The zero-order chi connectivity index (χ0) is 18.1. The van der Waals surface area contributed by atoms with Gasteiger partial charge in [-0.25, -0.2) is 4.79 Å². The van der Waals surface area contributed by atoms with Crippen molar-refractivity contribution < 1.29 is 28.7 Å². The van der Waals surface area contributed by atoms with Crippen molar-refractivity contribution in [3.8, 4) is 0 Å². The number of carboxylic acid groups (broad SMARTS) is 1. The highest BCUT2D eigenvalue weighted by atomic mass is 35.5. The van der Waals surface area contributed by atoms with E-state index in [9.17, 15) is 19.5 Å². The van der Waals surface area contributed by atoms with Crippen LogP contribution in [0.2, 0.25) is 0 Å². The average molecular weight is 386 g/mol. The predicted octanol–water partition coefficient (Wildman–Crippen LogP) is 0.565. The van der Waals surface area contributed by atoms with Gasteiger partial charge in [-0.15, -0.1) is 11.8 Å². The average Bonchev–Trinajstić information content (AvgIpc) is 3.10. The van der Waals surface area contributed by atoms with Crippen molar-refractivity contribution in [3.63, 3.8) is 0 Å². The summed E-state index contributed by atoms with van der Waals surface area (Å²) in [6, 6.07) is 2.20. The van der Waals surface area contributed by atoms with Crippen LogP contribution in [0.5, 0.6) is 0 Å². The maximum Gasteiger partial charge on any atom is 0.353 e. The molecule has 0 unspecified atom stereocenters. The number of halogens is 1. The van der Waals surface area contributed by atoms with Crippen molar-refractivity contribution in [2.75, 3.05) is 12.9 Å². The van der Waals surface area contributed by atoms with E-state index in [1.54, 1.807) is 6.07 Å². The first-order valence-corrected chi connectivity index (χ1v) is 8.41. The van der Waals surface area contributed by atoms with E-state index in [-0.39, 0.29) is 28.0 Å². The van der Waals surface area contributed by atoms with Gasteiger partial charge in [-0.3, -0.25) is 14.5 Å². The third kappa shape index (κ3) is 2.98. The van der Waals surface area contributed by atoms with Crippen LogP contribution in [0.25, 0.3) is 0 Å². The number of rotatable bonds is 5. The Kier molecular flexibility index (Phi) is 4.73. The molecule has 2 atom stereocenters. The molecule has 1 aromatic heterocycles. The van der Waals surface area contributed by atoms with Crippen molar-refractivity contribution in [2.24, 2.45) is 5.16 Å². The second kappa shape index (κ2) is 6.81. The van der Waals surface area contributed by atoms with Crippen molar-refractivity contribution in [3.05, 3.63) is 34.9 Å². The Morgan fingerprint density at radius 3 is 2.92 bits per heavy atom. The molecule has 1 saturated heterocycles. The topological polar surface area (TPSA) is 121 Å². The Hall–Kier alpha value is -2.46. The van der Waals surface area contributed by atoms with Crippen LogP contribution in [0.15, 0.2) is 38.7 Å². The van der Waals surface area contributed by atoms with Crippen LogP contribution in [0.1, 0.15) is 5.76 Å². The van der Waals surface area contributed by atoms with Crippen LogP contribution in [-0.2, 0) is 19.2 Å². The summed E-state index contributed by atoms with van der Waals surface area (Å²) in [5.41, 5.74) is -0.385. The van der Waals surface area contributed by atoms with E-state index in [2.05, 4.69) is 15.3 Å². The van der Waals surface area contributed by atoms with Gasteiger partial charge in [0.1, 0.15) is 24.2 Å². The maximum atomic E-state index is 12.4. The largest absolute Gasteiger partial charge is 0.477 e. The monoisotopic (exact) mass is 385 g/mol. The Labute approximate surface area is 150 Å². The molecular formula is C14H12ClN3O6S. The Morgan fingerprint density at radius 2 is 2.32 bits per heavy atom. The minimum atomic E-state index is -1.29. The molecular weight excluding hydrogens is 374 g/mol. The lowest BCUT2D eigenvalue weighted by Gasteiger charge is -2.48. The van der Waals surface area contributed by atoms with Gasteiger partial charge in [0.2, 0.25) is 5.71 Å². The predicted molar refractivity (Wildman–Crippen MR) is 87.8 cm³/mol. The number of carbonyl (C=O) groups excluding carboxylic acids is 2. The zero-order valence-electron chi connectivity index (χ0n) is 12.8. The molecule has 0 radical (unpaired) electrons. The molecule has 2 N–H and O–H groups in total. The van der Waals surface area contributed by atoms with Gasteiger partial charge >= 0.3 is 5.97 Å². The van der Waals surface area contributed by atoms with Crippen LogP contribution in [-0.4, -0.2) is 57.8 Å². The number of aliphatic carboxylic acids is 1. The zero-order valence-corrected chi connectivity index (χ0v) is 14.3. The minimum absolute atomic E-state index is 0.0871. The van der Waals surface area contributed by atoms with Crippen LogP contribution in [0.3, 0.4) is 0 Å². The summed E-state index contributed by atoms with van der Waals surface area (Å²) in [6.45, 7) is 0. The van der Waals surface area contributed by atoms with Gasteiger partial charge in [0.15, 0.2) is 5.76 Å². The van der Waals surface area contributed by atoms with Gasteiger partial charge in [0.25, 0.3) is 11.8 Å². The lowest BCUT2D eigenvalue weighted by Crippen LogP contribution is -2.70. The summed E-state index contributed by atoms with van der Waals surface area (Å²) in [5, 5.41) is 14.9. The fourth-order valence-corrected chi connectivity index (χ4v) is 4.04. The molecule has 2 aliphatic rings. The highest BCUT2D eigenvalue weighted by Crippen LogP contribution is 2.41. The SMILES string of the molecule is CO/N=C(\C(=O)N[C@@H]1C(=O)N2C(C(=O)O)=C(Cl)CS[C@H]12)c1ccco1. The lowest BCUT2D eigenvalue weighted by atomic mass is 10.0. The van der Waals surface area contributed by atoms with Gasteiger partial charge in [0, 0.05) is 5.75 Å². The number of fused-ring (bicyclic) bond motifs is 1. The van der Waals surface area contributed by atoms with Crippen molar-refractivity contribution in [1.82, 2.24) is 10.2 Å². The summed E-state index contributed by atoms with van der Waals surface area (Å²) >= 11 is 7.16. The van der Waals surface area contributed by atoms with Crippen molar-refractivity contribution in [2.45, 2.75) is 11.4 Å². The van der Waals surface area contributed by atoms with Crippen LogP contribution in [0, 0.1) is 0 Å². The number of β-lactam (4-membered cyclic amide) rings is 1. The number of amides is 2. The third-order valence-electron chi connectivity index (χ3n) is 3.56. The molecule has 0 saturated carbocycles. The lowest BCUT2D eigenvalue weighted by molar-refractivity contribution is -0.150. The second-order valence-corrected chi connectivity index (χ2v) is 6.58. The molecule has 11 heteroatoms. The van der Waals surface area contributed by atoms with Crippen molar-refractivity contribution >= 4 is 46.9 Å². The Bertz CT molecular complexity index is 790. The van der Waals surface area contributed by atoms with E-state index in [4.69, 9.17) is 16.0 Å². The second-order valence-electron chi connectivity index (χ2n) is 5.02. The molecule has 9 nitrogen and oxygen atoms in total. The molecule has 3 rings (SSSR count). The fourth-order valence-electron chi connectivity index (χ4n) is 2.49. The summed E-state index contributed by atoms with van der Waals surface area (Å²) in [4.78, 5) is 41.7. The Balaban J connectivity index is 1.77. The molecule has 3 heterocycles. The number of hydrogen-bond acceptors (Lipinski definition) is 7. The first-order chi connectivity index (χ1) is 12.0. The van der Waals surface area contributed by atoms with E-state index < -0.39 is 29.2 Å². The van der Waals surface area contributed by atoms with E-state index in [1.807, 2.05) is 0 Å². The number of carboxylic acids is 1. The normalized spacial score (nSPS) is 23.0. The van der Waals surface area contributed by atoms with Crippen LogP contribution in [0.4, 0.5) is 0 Å². The number of hydrogen-bond donors (Lipinski definition) is 2. The highest BCUT2D eigenvalue weighted by molar-refractivity contribution is 8.00. The Morgan fingerprint density at radius 1 is 1.56 bits per heavy atom. The van der Waals surface area contributed by atoms with E-state index >= 15 is 0 Å². The first kappa shape index (κ1) is 17.4. The number of nitrogens with zero attached hydrogens (tertiary/aromatic N) is 2. The van der Waals surface area contributed by atoms with Gasteiger partial charge in [-0.1, -0.05) is 16.8 Å². The van der Waals surface area contributed by atoms with Gasteiger partial charge in [-0.2, -0.15) is 0 Å². The molecule has 2 amide bonds. The number of furan rings is 1.